The van der Waals surface area contributed by atoms with E-state index in [0.717, 1.165) is 18.5 Å². The summed E-state index contributed by atoms with van der Waals surface area (Å²) in [6, 6.07) is 4.27. The van der Waals surface area contributed by atoms with Gasteiger partial charge in [-0.15, -0.1) is 0 Å². The Bertz CT molecular complexity index is 354. The molecule has 0 aliphatic rings. The van der Waals surface area contributed by atoms with Crippen molar-refractivity contribution in [2.75, 3.05) is 13.2 Å². The van der Waals surface area contributed by atoms with E-state index in [1.54, 1.807) is 6.20 Å². The van der Waals surface area contributed by atoms with Gasteiger partial charge < -0.3 is 4.74 Å². The summed E-state index contributed by atoms with van der Waals surface area (Å²) in [5, 5.41) is 0. The molecule has 1 aromatic rings. The van der Waals surface area contributed by atoms with Gasteiger partial charge in [0.25, 0.3) is 0 Å². The maximum atomic E-state index is 11.6. The van der Waals surface area contributed by atoms with Gasteiger partial charge in [0.15, 0.2) is 0 Å². The summed E-state index contributed by atoms with van der Waals surface area (Å²) in [6.45, 7) is 7.55. The van der Waals surface area contributed by atoms with E-state index >= 15 is 0 Å². The molecule has 0 spiro atoms. The minimum Gasteiger partial charge on any atom is -0.465 e. The van der Waals surface area contributed by atoms with Crippen molar-refractivity contribution in [1.29, 1.82) is 0 Å². The lowest BCUT2D eigenvalue weighted by molar-refractivity contribution is -0.145. The maximum absolute atomic E-state index is 11.6. The highest BCUT2D eigenvalue weighted by atomic mass is 16.5. The van der Waals surface area contributed by atoms with Crippen molar-refractivity contribution in [1.82, 2.24) is 9.88 Å². The van der Waals surface area contributed by atoms with Crippen LogP contribution in [0.5, 0.6) is 0 Å². The lowest BCUT2D eigenvalue weighted by atomic mass is 10.2. The molecule has 1 aromatic heterocycles. The number of ether oxygens (including phenoxy) is 1. The highest BCUT2D eigenvalue weighted by molar-refractivity contribution is 5.71. The summed E-state index contributed by atoms with van der Waals surface area (Å²) in [4.78, 5) is 17.8. The Labute approximate surface area is 109 Å². The molecule has 100 valence electrons. The minimum atomic E-state index is -0.165. The number of nitrogens with zero attached hydrogens (tertiary/aromatic N) is 2. The topological polar surface area (TPSA) is 42.4 Å². The molecule has 0 aliphatic carbocycles. The van der Waals surface area contributed by atoms with Gasteiger partial charge in [0.1, 0.15) is 0 Å². The number of hydrogen-bond acceptors (Lipinski definition) is 4. The van der Waals surface area contributed by atoms with Crippen molar-refractivity contribution in [2.24, 2.45) is 0 Å². The van der Waals surface area contributed by atoms with Gasteiger partial charge in [-0.3, -0.25) is 14.7 Å². The highest BCUT2D eigenvalue weighted by Crippen LogP contribution is 2.09. The molecular weight excluding hydrogens is 228 g/mol. The van der Waals surface area contributed by atoms with Crippen LogP contribution in [0.25, 0.3) is 0 Å². The van der Waals surface area contributed by atoms with E-state index in [-0.39, 0.29) is 5.97 Å². The van der Waals surface area contributed by atoms with Crippen LogP contribution in [0.1, 0.15) is 32.8 Å². The molecule has 4 nitrogen and oxygen atoms in total. The first-order valence-electron chi connectivity index (χ1n) is 6.45. The van der Waals surface area contributed by atoms with Gasteiger partial charge in [0, 0.05) is 25.0 Å². The van der Waals surface area contributed by atoms with Gasteiger partial charge >= 0.3 is 5.97 Å². The van der Waals surface area contributed by atoms with Gasteiger partial charge in [-0.25, -0.2) is 0 Å². The number of aromatic nitrogens is 1. The van der Waals surface area contributed by atoms with E-state index in [1.807, 2.05) is 25.3 Å². The molecule has 1 atom stereocenters. The predicted octanol–water partition coefficient (Wildman–Crippen LogP) is 2.25. The zero-order chi connectivity index (χ0) is 13.4. The summed E-state index contributed by atoms with van der Waals surface area (Å²) in [5.74, 6) is -0.165. The number of hydrogen-bond donors (Lipinski definition) is 0. The monoisotopic (exact) mass is 250 g/mol. The van der Waals surface area contributed by atoms with Crippen LogP contribution in [-0.2, 0) is 16.1 Å². The quantitative estimate of drug-likeness (QED) is 0.696. The van der Waals surface area contributed by atoms with Crippen LogP contribution in [0.2, 0.25) is 0 Å². The summed E-state index contributed by atoms with van der Waals surface area (Å²) in [6.07, 6.45) is 4.59. The first kappa shape index (κ1) is 14.6. The number of carbonyl (C=O) groups is 1. The normalized spacial score (nSPS) is 12.4. The largest absolute Gasteiger partial charge is 0.465 e. The highest BCUT2D eigenvalue weighted by Gasteiger charge is 2.17. The van der Waals surface area contributed by atoms with Crippen LogP contribution in [0.15, 0.2) is 24.5 Å². The summed E-state index contributed by atoms with van der Waals surface area (Å²) in [7, 11) is 0. The van der Waals surface area contributed by atoms with Crippen molar-refractivity contribution < 1.29 is 9.53 Å². The third-order valence-electron chi connectivity index (χ3n) is 2.96. The fourth-order valence-electron chi connectivity index (χ4n) is 1.72. The van der Waals surface area contributed by atoms with Gasteiger partial charge in [-0.1, -0.05) is 13.0 Å². The molecule has 0 N–H and O–H groups in total. The Kier molecular flexibility index (Phi) is 6.36. The van der Waals surface area contributed by atoms with Crippen molar-refractivity contribution in [3.05, 3.63) is 30.1 Å². The van der Waals surface area contributed by atoms with Gasteiger partial charge in [0.2, 0.25) is 0 Å². The van der Waals surface area contributed by atoms with Crippen molar-refractivity contribution in [3.8, 4) is 0 Å². The van der Waals surface area contributed by atoms with E-state index in [1.165, 1.54) is 0 Å². The van der Waals surface area contributed by atoms with Crippen molar-refractivity contribution in [3.63, 3.8) is 0 Å². The number of carbonyl (C=O) groups excluding carboxylic acids is 1. The zero-order valence-corrected chi connectivity index (χ0v) is 11.4. The van der Waals surface area contributed by atoms with Crippen LogP contribution in [0, 0.1) is 0 Å². The Morgan fingerprint density at radius 2 is 2.28 bits per heavy atom. The molecule has 0 saturated heterocycles. The van der Waals surface area contributed by atoms with Gasteiger partial charge in [-0.05, 0) is 31.9 Å². The minimum absolute atomic E-state index is 0.165. The Morgan fingerprint density at radius 3 is 2.83 bits per heavy atom. The standard InChI is InChI=1S/C14H22N2O2/c1-4-12(3)16(11-14(17)18-5-2)10-13-7-6-8-15-9-13/h6-9,12H,4-5,10-11H2,1-3H3/t12-/m1/s1. The van der Waals surface area contributed by atoms with Crippen molar-refractivity contribution >= 4 is 5.97 Å². The molecule has 4 heteroatoms. The van der Waals surface area contributed by atoms with Crippen LogP contribution < -0.4 is 0 Å². The van der Waals surface area contributed by atoms with Gasteiger partial charge in [0.05, 0.1) is 13.2 Å². The van der Waals surface area contributed by atoms with Gasteiger partial charge in [-0.2, -0.15) is 0 Å². The summed E-state index contributed by atoms with van der Waals surface area (Å²) >= 11 is 0. The second-order valence-corrected chi connectivity index (χ2v) is 4.33. The molecule has 0 fully saturated rings. The molecule has 0 radical (unpaired) electrons. The molecule has 0 bridgehead atoms. The van der Waals surface area contributed by atoms with E-state index in [9.17, 15) is 4.79 Å². The zero-order valence-electron chi connectivity index (χ0n) is 11.4. The smallest absolute Gasteiger partial charge is 0.320 e. The first-order chi connectivity index (χ1) is 8.67. The van der Waals surface area contributed by atoms with Crippen LogP contribution >= 0.6 is 0 Å². The summed E-state index contributed by atoms with van der Waals surface area (Å²) in [5.41, 5.74) is 1.11. The molecule has 1 heterocycles. The summed E-state index contributed by atoms with van der Waals surface area (Å²) < 4.78 is 5.01. The fraction of sp³-hybridized carbons (Fsp3) is 0.571. The van der Waals surface area contributed by atoms with Crippen molar-refractivity contribution in [2.45, 2.75) is 39.8 Å². The third-order valence-corrected chi connectivity index (χ3v) is 2.96. The Morgan fingerprint density at radius 1 is 1.50 bits per heavy atom. The maximum Gasteiger partial charge on any atom is 0.320 e. The molecule has 0 aliphatic heterocycles. The van der Waals surface area contributed by atoms with E-state index < -0.39 is 0 Å². The Hall–Kier alpha value is -1.42. The van der Waals surface area contributed by atoms with E-state index in [0.29, 0.717) is 19.2 Å². The molecule has 0 unspecified atom stereocenters. The molecule has 0 aromatic carbocycles. The molecule has 1 rings (SSSR count). The average molecular weight is 250 g/mol. The molecule has 0 amide bonds. The second-order valence-electron chi connectivity index (χ2n) is 4.33. The average Bonchev–Trinajstić information content (AvgIpc) is 2.38. The predicted molar refractivity (Wildman–Crippen MR) is 71.0 cm³/mol. The molecular formula is C14H22N2O2. The third kappa shape index (κ3) is 4.84. The lowest BCUT2D eigenvalue weighted by Gasteiger charge is -2.27. The van der Waals surface area contributed by atoms with Crippen LogP contribution in [0.3, 0.4) is 0 Å². The van der Waals surface area contributed by atoms with Crippen LogP contribution in [-0.4, -0.2) is 35.0 Å². The number of esters is 1. The Balaban J connectivity index is 2.64. The molecule has 18 heavy (non-hydrogen) atoms. The lowest BCUT2D eigenvalue weighted by Crippen LogP contribution is -2.37. The number of pyridine rings is 1. The fourth-order valence-corrected chi connectivity index (χ4v) is 1.72. The van der Waals surface area contributed by atoms with E-state index in [2.05, 4.69) is 23.7 Å². The number of rotatable bonds is 7. The van der Waals surface area contributed by atoms with Crippen LogP contribution in [0.4, 0.5) is 0 Å². The first-order valence-corrected chi connectivity index (χ1v) is 6.45. The molecule has 0 saturated carbocycles. The van der Waals surface area contributed by atoms with E-state index in [4.69, 9.17) is 4.74 Å². The second kappa shape index (κ2) is 7.82. The SMILES string of the molecule is CCOC(=O)CN(Cc1cccnc1)[C@H](C)CC.